The Kier molecular flexibility index (Phi) is 4.83. The van der Waals surface area contributed by atoms with Crippen LogP contribution >= 0.6 is 27.5 Å². The van der Waals surface area contributed by atoms with E-state index in [-0.39, 0.29) is 5.92 Å². The van der Waals surface area contributed by atoms with Gasteiger partial charge < -0.3 is 10.1 Å². The molecule has 0 fully saturated rings. The molecule has 0 amide bonds. The maximum absolute atomic E-state index is 6.03. The molecular weight excluding hydrogens is 342 g/mol. The number of methoxy groups -OCH3 is 1. The molecule has 1 aromatic heterocycles. The van der Waals surface area contributed by atoms with E-state index in [4.69, 9.17) is 16.3 Å². The quantitative estimate of drug-likeness (QED) is 0.802. The molecule has 0 radical (unpaired) electrons. The van der Waals surface area contributed by atoms with Crippen molar-refractivity contribution in [1.82, 2.24) is 9.97 Å². The first-order valence-electron chi connectivity index (χ1n) is 6.14. The van der Waals surface area contributed by atoms with Crippen LogP contribution in [0.5, 0.6) is 5.75 Å². The fraction of sp³-hybridized carbons (Fsp3) is 0.286. The molecule has 1 N–H and O–H groups in total. The number of nitrogens with zero attached hydrogens (tertiary/aromatic N) is 2. The predicted octanol–water partition coefficient (Wildman–Crippen LogP) is 4.77. The van der Waals surface area contributed by atoms with Crippen LogP contribution in [-0.4, -0.2) is 17.1 Å². The predicted molar refractivity (Wildman–Crippen MR) is 85.1 cm³/mol. The van der Waals surface area contributed by atoms with E-state index in [0.29, 0.717) is 16.8 Å². The number of benzene rings is 1. The molecule has 0 aliphatic carbocycles. The van der Waals surface area contributed by atoms with Crippen molar-refractivity contribution in [1.29, 1.82) is 0 Å². The van der Waals surface area contributed by atoms with Crippen molar-refractivity contribution in [2.45, 2.75) is 19.8 Å². The Morgan fingerprint density at radius 2 is 1.95 bits per heavy atom. The normalized spacial score (nSPS) is 10.7. The van der Waals surface area contributed by atoms with Gasteiger partial charge in [0, 0.05) is 28.2 Å². The van der Waals surface area contributed by atoms with Crippen LogP contribution in [0, 0.1) is 0 Å². The Morgan fingerprint density at radius 3 is 2.60 bits per heavy atom. The largest absolute Gasteiger partial charge is 0.497 e. The Hall–Kier alpha value is -1.33. The van der Waals surface area contributed by atoms with Crippen LogP contribution in [0.2, 0.25) is 5.15 Å². The number of rotatable bonds is 4. The first kappa shape index (κ1) is 15.1. The van der Waals surface area contributed by atoms with Crippen LogP contribution in [0.3, 0.4) is 0 Å². The summed E-state index contributed by atoms with van der Waals surface area (Å²) in [6.07, 6.45) is 0. The molecule has 0 aliphatic rings. The molecule has 0 aliphatic heterocycles. The summed E-state index contributed by atoms with van der Waals surface area (Å²) in [5.41, 5.74) is 0.862. The highest BCUT2D eigenvalue weighted by Crippen LogP contribution is 2.27. The van der Waals surface area contributed by atoms with Crippen LogP contribution < -0.4 is 10.1 Å². The molecule has 0 atom stereocenters. The molecular formula is C14H15BrClN3O. The molecule has 106 valence electrons. The van der Waals surface area contributed by atoms with Gasteiger partial charge >= 0.3 is 0 Å². The Morgan fingerprint density at radius 1 is 1.20 bits per heavy atom. The lowest BCUT2D eigenvalue weighted by Gasteiger charge is -2.11. The third-order valence-corrected chi connectivity index (χ3v) is 3.26. The third-order valence-electron chi connectivity index (χ3n) is 2.61. The van der Waals surface area contributed by atoms with Crippen LogP contribution in [0.4, 0.5) is 11.5 Å². The van der Waals surface area contributed by atoms with Gasteiger partial charge in [-0.3, -0.25) is 0 Å². The molecule has 0 spiro atoms. The molecule has 2 aromatic rings. The van der Waals surface area contributed by atoms with Gasteiger partial charge in [-0.25, -0.2) is 9.97 Å². The van der Waals surface area contributed by atoms with Crippen LogP contribution in [0.25, 0.3) is 0 Å². The number of nitrogens with one attached hydrogen (secondary N) is 1. The molecule has 1 aromatic carbocycles. The van der Waals surface area contributed by atoms with Crippen molar-refractivity contribution in [3.05, 3.63) is 39.7 Å². The summed E-state index contributed by atoms with van der Waals surface area (Å²) in [7, 11) is 1.63. The third kappa shape index (κ3) is 3.84. The average molecular weight is 357 g/mol. The van der Waals surface area contributed by atoms with Gasteiger partial charge in [0.25, 0.3) is 0 Å². The van der Waals surface area contributed by atoms with Gasteiger partial charge in [0.15, 0.2) is 0 Å². The summed E-state index contributed by atoms with van der Waals surface area (Å²) >= 11 is 9.47. The van der Waals surface area contributed by atoms with E-state index >= 15 is 0 Å². The summed E-state index contributed by atoms with van der Waals surface area (Å²) < 4.78 is 6.15. The highest BCUT2D eigenvalue weighted by Gasteiger charge is 2.08. The number of hydrogen-bond acceptors (Lipinski definition) is 4. The van der Waals surface area contributed by atoms with E-state index in [2.05, 4.69) is 31.2 Å². The Labute approximate surface area is 131 Å². The molecule has 0 saturated heterocycles. The van der Waals surface area contributed by atoms with E-state index in [9.17, 15) is 0 Å². The SMILES string of the molecule is COc1cc(Br)cc(Nc2cc(Cl)nc(C(C)C)n2)c1. The Balaban J connectivity index is 2.32. The second-order valence-electron chi connectivity index (χ2n) is 4.59. The highest BCUT2D eigenvalue weighted by atomic mass is 79.9. The minimum atomic E-state index is 0.214. The van der Waals surface area contributed by atoms with Gasteiger partial charge in [0.05, 0.1) is 7.11 Å². The number of halogens is 2. The summed E-state index contributed by atoms with van der Waals surface area (Å²) in [5, 5.41) is 3.63. The minimum absolute atomic E-state index is 0.214. The lowest BCUT2D eigenvalue weighted by Crippen LogP contribution is -2.02. The van der Waals surface area contributed by atoms with Crippen LogP contribution in [0.15, 0.2) is 28.7 Å². The monoisotopic (exact) mass is 355 g/mol. The minimum Gasteiger partial charge on any atom is -0.497 e. The van der Waals surface area contributed by atoms with Crippen molar-refractivity contribution in [2.75, 3.05) is 12.4 Å². The van der Waals surface area contributed by atoms with Gasteiger partial charge in [-0.05, 0) is 12.1 Å². The highest BCUT2D eigenvalue weighted by molar-refractivity contribution is 9.10. The van der Waals surface area contributed by atoms with Crippen LogP contribution in [0.1, 0.15) is 25.6 Å². The van der Waals surface area contributed by atoms with E-state index < -0.39 is 0 Å². The van der Waals surface area contributed by atoms with E-state index in [1.54, 1.807) is 13.2 Å². The topological polar surface area (TPSA) is 47.0 Å². The lowest BCUT2D eigenvalue weighted by atomic mass is 10.2. The summed E-state index contributed by atoms with van der Waals surface area (Å²) in [4.78, 5) is 8.66. The number of ether oxygens (including phenoxy) is 1. The molecule has 0 saturated carbocycles. The number of anilines is 2. The molecule has 0 bridgehead atoms. The standard InChI is InChI=1S/C14H15BrClN3O/c1-8(2)14-18-12(16)7-13(19-14)17-10-4-9(15)5-11(6-10)20-3/h4-8H,1-3H3,(H,17,18,19). The van der Waals surface area contributed by atoms with Crippen molar-refractivity contribution >= 4 is 39.0 Å². The van der Waals surface area contributed by atoms with Crippen molar-refractivity contribution in [3.63, 3.8) is 0 Å². The maximum Gasteiger partial charge on any atom is 0.135 e. The molecule has 6 heteroatoms. The second kappa shape index (κ2) is 6.41. The summed E-state index contributed by atoms with van der Waals surface area (Å²) in [6, 6.07) is 7.40. The van der Waals surface area contributed by atoms with Gasteiger partial charge in [0.1, 0.15) is 22.5 Å². The Bertz CT molecular complexity index is 619. The van der Waals surface area contributed by atoms with Crippen molar-refractivity contribution in [3.8, 4) is 5.75 Å². The fourth-order valence-electron chi connectivity index (χ4n) is 1.66. The first-order chi connectivity index (χ1) is 9.47. The van der Waals surface area contributed by atoms with E-state index in [0.717, 1.165) is 15.9 Å². The summed E-state index contributed by atoms with van der Waals surface area (Å²) in [5.74, 6) is 2.34. The molecule has 1 heterocycles. The van der Waals surface area contributed by atoms with Gasteiger partial charge in [0.2, 0.25) is 0 Å². The lowest BCUT2D eigenvalue weighted by molar-refractivity contribution is 0.415. The number of hydrogen-bond donors (Lipinski definition) is 1. The van der Waals surface area contributed by atoms with Crippen molar-refractivity contribution in [2.24, 2.45) is 0 Å². The van der Waals surface area contributed by atoms with E-state index in [1.165, 1.54) is 0 Å². The average Bonchev–Trinajstić information content (AvgIpc) is 2.37. The zero-order chi connectivity index (χ0) is 14.7. The zero-order valence-corrected chi connectivity index (χ0v) is 13.8. The van der Waals surface area contributed by atoms with Gasteiger partial charge in [-0.15, -0.1) is 0 Å². The molecule has 2 rings (SSSR count). The van der Waals surface area contributed by atoms with Gasteiger partial charge in [-0.2, -0.15) is 0 Å². The van der Waals surface area contributed by atoms with Crippen LogP contribution in [-0.2, 0) is 0 Å². The first-order valence-corrected chi connectivity index (χ1v) is 7.31. The molecule has 20 heavy (non-hydrogen) atoms. The van der Waals surface area contributed by atoms with Crippen molar-refractivity contribution < 1.29 is 4.74 Å². The summed E-state index contributed by atoms with van der Waals surface area (Å²) in [6.45, 7) is 4.05. The van der Waals surface area contributed by atoms with Gasteiger partial charge in [-0.1, -0.05) is 41.4 Å². The molecule has 4 nitrogen and oxygen atoms in total. The second-order valence-corrected chi connectivity index (χ2v) is 5.90. The smallest absolute Gasteiger partial charge is 0.135 e. The number of aromatic nitrogens is 2. The zero-order valence-electron chi connectivity index (χ0n) is 11.4. The van der Waals surface area contributed by atoms with E-state index in [1.807, 2.05) is 32.0 Å². The maximum atomic E-state index is 6.03. The molecule has 0 unspecified atom stereocenters. The fourth-order valence-corrected chi connectivity index (χ4v) is 2.32.